The van der Waals surface area contributed by atoms with E-state index in [0.717, 1.165) is 22.5 Å². The summed E-state index contributed by atoms with van der Waals surface area (Å²) in [5.74, 6) is 1.43. The molecule has 6 nitrogen and oxygen atoms in total. The Morgan fingerprint density at radius 2 is 2.08 bits per heavy atom. The second-order valence-electron chi connectivity index (χ2n) is 5.28. The Morgan fingerprint density at radius 1 is 1.31 bits per heavy atom. The van der Waals surface area contributed by atoms with Crippen molar-refractivity contribution in [2.45, 2.75) is 19.0 Å². The maximum atomic E-state index is 12.6. The van der Waals surface area contributed by atoms with E-state index >= 15 is 0 Å². The number of hydrogen-bond acceptors (Lipinski definition) is 5. The van der Waals surface area contributed by atoms with Crippen molar-refractivity contribution in [2.24, 2.45) is 4.99 Å². The minimum absolute atomic E-state index is 0.379. The molecule has 0 saturated carbocycles. The minimum atomic E-state index is -4.40. The molecule has 0 aliphatic heterocycles. The first kappa shape index (κ1) is 20.2. The summed E-state index contributed by atoms with van der Waals surface area (Å²) >= 11 is 1.00. The highest BCUT2D eigenvalue weighted by atomic mass is 32.1. The summed E-state index contributed by atoms with van der Waals surface area (Å²) in [6.07, 6.45) is -1.71. The van der Waals surface area contributed by atoms with Crippen LogP contribution in [0.15, 0.2) is 33.2 Å². The normalized spacial score (nSPS) is 12.4. The Balaban J connectivity index is 1.79. The van der Waals surface area contributed by atoms with E-state index in [4.69, 9.17) is 9.15 Å². The molecule has 0 unspecified atom stereocenters. The van der Waals surface area contributed by atoms with E-state index in [1.165, 1.54) is 0 Å². The van der Waals surface area contributed by atoms with Crippen molar-refractivity contribution < 1.29 is 22.3 Å². The summed E-state index contributed by atoms with van der Waals surface area (Å²) in [4.78, 5) is 7.96. The van der Waals surface area contributed by atoms with Crippen LogP contribution in [0, 0.1) is 0 Å². The fourth-order valence-electron chi connectivity index (χ4n) is 2.03. The maximum Gasteiger partial charge on any atom is 0.434 e. The number of thiazole rings is 1. The molecule has 2 rings (SSSR count). The highest BCUT2D eigenvalue weighted by Crippen LogP contribution is 2.29. The number of alkyl halides is 3. The van der Waals surface area contributed by atoms with Crippen LogP contribution in [0.5, 0.6) is 0 Å². The first-order valence-corrected chi connectivity index (χ1v) is 8.92. The molecule has 0 saturated heterocycles. The molecule has 10 heteroatoms. The van der Waals surface area contributed by atoms with Crippen LogP contribution in [-0.4, -0.2) is 44.3 Å². The summed E-state index contributed by atoms with van der Waals surface area (Å²) in [5.41, 5.74) is -0.844. The van der Waals surface area contributed by atoms with Gasteiger partial charge in [0, 0.05) is 38.4 Å². The van der Waals surface area contributed by atoms with E-state index in [-0.39, 0.29) is 0 Å². The Bertz CT molecular complexity index is 671. The number of aliphatic imine (C=N–C) groups is 1. The van der Waals surface area contributed by atoms with Gasteiger partial charge in [-0.05, 0) is 12.1 Å². The number of guanidine groups is 1. The molecular weight excluding hydrogens is 369 g/mol. The van der Waals surface area contributed by atoms with Crippen LogP contribution in [0.2, 0.25) is 0 Å². The first-order valence-electron chi connectivity index (χ1n) is 8.04. The molecule has 2 heterocycles. The van der Waals surface area contributed by atoms with Crippen LogP contribution in [0.4, 0.5) is 13.2 Å². The Labute approximate surface area is 153 Å². The maximum absolute atomic E-state index is 12.6. The second kappa shape index (κ2) is 10.2. The third-order valence-corrected chi connectivity index (χ3v) is 4.19. The van der Waals surface area contributed by atoms with Crippen LogP contribution >= 0.6 is 11.3 Å². The van der Waals surface area contributed by atoms with E-state index in [9.17, 15) is 13.2 Å². The van der Waals surface area contributed by atoms with Crippen molar-refractivity contribution in [3.05, 3.63) is 40.2 Å². The van der Waals surface area contributed by atoms with Gasteiger partial charge in [0.15, 0.2) is 11.7 Å². The molecule has 0 atom stereocenters. The van der Waals surface area contributed by atoms with Gasteiger partial charge in [-0.1, -0.05) is 0 Å². The topological polar surface area (TPSA) is 71.7 Å². The van der Waals surface area contributed by atoms with Gasteiger partial charge in [0.2, 0.25) is 0 Å². The highest BCUT2D eigenvalue weighted by Gasteiger charge is 2.33. The van der Waals surface area contributed by atoms with Gasteiger partial charge in [0.05, 0.1) is 24.4 Å². The number of rotatable bonds is 9. The van der Waals surface area contributed by atoms with Crippen molar-refractivity contribution in [1.82, 2.24) is 15.6 Å². The molecule has 0 radical (unpaired) electrons. The van der Waals surface area contributed by atoms with Gasteiger partial charge in [0.1, 0.15) is 5.76 Å². The minimum Gasteiger partial charge on any atom is -0.469 e. The van der Waals surface area contributed by atoms with E-state index < -0.39 is 11.9 Å². The molecular formula is C16H21F3N4O2S. The zero-order chi connectivity index (χ0) is 18.8. The third-order valence-electron chi connectivity index (χ3n) is 3.28. The number of aromatic nitrogens is 1. The Morgan fingerprint density at radius 3 is 2.69 bits per heavy atom. The van der Waals surface area contributed by atoms with Crippen LogP contribution in [0.3, 0.4) is 0 Å². The van der Waals surface area contributed by atoms with Crippen LogP contribution in [-0.2, 0) is 23.8 Å². The van der Waals surface area contributed by atoms with Crippen molar-refractivity contribution in [1.29, 1.82) is 0 Å². The van der Waals surface area contributed by atoms with Gasteiger partial charge in [0.25, 0.3) is 0 Å². The SMILES string of the molecule is COCCN=C(NCCc1ccco1)NCCc1nc(C(F)(F)F)cs1. The molecule has 0 amide bonds. The lowest BCUT2D eigenvalue weighted by atomic mass is 10.3. The number of nitrogens with zero attached hydrogens (tertiary/aromatic N) is 2. The second-order valence-corrected chi connectivity index (χ2v) is 6.22. The van der Waals surface area contributed by atoms with Gasteiger partial charge in [-0.15, -0.1) is 11.3 Å². The smallest absolute Gasteiger partial charge is 0.434 e. The summed E-state index contributed by atoms with van der Waals surface area (Å²) in [6.45, 7) is 1.99. The number of hydrogen-bond donors (Lipinski definition) is 2. The number of nitrogens with one attached hydrogen (secondary N) is 2. The number of furan rings is 1. The summed E-state index contributed by atoms with van der Waals surface area (Å²) in [5, 5.41) is 7.71. The summed E-state index contributed by atoms with van der Waals surface area (Å²) < 4.78 is 47.9. The van der Waals surface area contributed by atoms with Gasteiger partial charge in [-0.2, -0.15) is 13.2 Å². The molecule has 2 aromatic heterocycles. The molecule has 0 fully saturated rings. The van der Waals surface area contributed by atoms with Crippen molar-refractivity contribution in [3.8, 4) is 0 Å². The molecule has 2 N–H and O–H groups in total. The first-order chi connectivity index (χ1) is 12.5. The zero-order valence-electron chi connectivity index (χ0n) is 14.3. The number of ether oxygens (including phenoxy) is 1. The van der Waals surface area contributed by atoms with Crippen LogP contribution in [0.1, 0.15) is 16.5 Å². The van der Waals surface area contributed by atoms with Gasteiger partial charge in [-0.25, -0.2) is 4.98 Å². The fraction of sp³-hybridized carbons (Fsp3) is 0.500. The predicted molar refractivity (Wildman–Crippen MR) is 93.4 cm³/mol. The number of halogens is 3. The Kier molecular flexibility index (Phi) is 7.92. The van der Waals surface area contributed by atoms with Crippen molar-refractivity contribution >= 4 is 17.3 Å². The third kappa shape index (κ3) is 7.04. The average Bonchev–Trinajstić information content (AvgIpc) is 3.25. The lowest BCUT2D eigenvalue weighted by Crippen LogP contribution is -2.39. The van der Waals surface area contributed by atoms with E-state index in [1.807, 2.05) is 12.1 Å². The van der Waals surface area contributed by atoms with Crippen molar-refractivity contribution in [2.75, 3.05) is 33.4 Å². The van der Waals surface area contributed by atoms with Gasteiger partial charge < -0.3 is 19.8 Å². The number of methoxy groups -OCH3 is 1. The molecule has 144 valence electrons. The standard InChI is InChI=1S/C16H21F3N4O2S/c1-24-10-8-22-15(20-6-4-12-3-2-9-25-12)21-7-5-14-23-13(11-26-14)16(17,18)19/h2-3,9,11H,4-8,10H2,1H3,(H2,20,21,22). The molecule has 26 heavy (non-hydrogen) atoms. The molecule has 0 aromatic carbocycles. The highest BCUT2D eigenvalue weighted by molar-refractivity contribution is 7.09. The molecule has 0 bridgehead atoms. The zero-order valence-corrected chi connectivity index (χ0v) is 15.1. The molecule has 2 aromatic rings. The van der Waals surface area contributed by atoms with Crippen LogP contribution < -0.4 is 10.6 Å². The average molecular weight is 390 g/mol. The summed E-state index contributed by atoms with van der Waals surface area (Å²) in [7, 11) is 1.59. The Hall–Kier alpha value is -2.07. The van der Waals surface area contributed by atoms with E-state index in [1.54, 1.807) is 13.4 Å². The van der Waals surface area contributed by atoms with Crippen molar-refractivity contribution in [3.63, 3.8) is 0 Å². The lowest BCUT2D eigenvalue weighted by Gasteiger charge is -2.11. The van der Waals surface area contributed by atoms with E-state index in [0.29, 0.717) is 50.0 Å². The monoisotopic (exact) mass is 390 g/mol. The quantitative estimate of drug-likeness (QED) is 0.391. The predicted octanol–water partition coefficient (Wildman–Crippen LogP) is 2.72. The summed E-state index contributed by atoms with van der Waals surface area (Å²) in [6, 6.07) is 3.71. The van der Waals surface area contributed by atoms with Gasteiger partial charge in [-0.3, -0.25) is 4.99 Å². The fourth-order valence-corrected chi connectivity index (χ4v) is 2.83. The van der Waals surface area contributed by atoms with Crippen LogP contribution in [0.25, 0.3) is 0 Å². The van der Waals surface area contributed by atoms with Gasteiger partial charge >= 0.3 is 6.18 Å². The molecule has 0 spiro atoms. The van der Waals surface area contributed by atoms with E-state index in [2.05, 4.69) is 20.6 Å². The lowest BCUT2D eigenvalue weighted by molar-refractivity contribution is -0.140. The molecule has 0 aliphatic rings. The molecule has 0 aliphatic carbocycles. The largest absolute Gasteiger partial charge is 0.469 e.